The van der Waals surface area contributed by atoms with Crippen LogP contribution in [0.4, 0.5) is 0 Å². The first kappa shape index (κ1) is 20.7. The van der Waals surface area contributed by atoms with Gasteiger partial charge in [0.05, 0.1) is 30.7 Å². The predicted octanol–water partition coefficient (Wildman–Crippen LogP) is 3.21. The van der Waals surface area contributed by atoms with Gasteiger partial charge in [0.2, 0.25) is 5.76 Å². The van der Waals surface area contributed by atoms with Crippen LogP contribution in [0.15, 0.2) is 58.3 Å². The molecule has 3 aromatic rings. The number of carbonyl (C=O) groups is 1. The highest BCUT2D eigenvalue weighted by Crippen LogP contribution is 2.40. The molecule has 0 fully saturated rings. The number of amides is 1. The third-order valence-electron chi connectivity index (χ3n) is 5.32. The number of aliphatic hydroxyl groups excluding tert-OH is 1. The van der Waals surface area contributed by atoms with Crippen molar-refractivity contribution in [3.63, 3.8) is 0 Å². The second kappa shape index (κ2) is 8.28. The summed E-state index contributed by atoms with van der Waals surface area (Å²) in [6.45, 7) is 5.64. The molecule has 4 rings (SSSR count). The van der Waals surface area contributed by atoms with E-state index in [1.807, 2.05) is 13.0 Å². The molecule has 0 bridgehead atoms. The Morgan fingerprint density at radius 2 is 2.00 bits per heavy atom. The van der Waals surface area contributed by atoms with Crippen LogP contribution in [-0.4, -0.2) is 42.8 Å². The van der Waals surface area contributed by atoms with Crippen LogP contribution >= 0.6 is 0 Å². The second-order valence-electron chi connectivity index (χ2n) is 7.31. The zero-order valence-electron chi connectivity index (χ0n) is 17.4. The zero-order chi connectivity index (χ0) is 22.1. The second-order valence-corrected chi connectivity index (χ2v) is 7.31. The van der Waals surface area contributed by atoms with Gasteiger partial charge in [0.15, 0.2) is 16.9 Å². The molecule has 1 atom stereocenters. The molecular formula is C24H23NO6. The van der Waals surface area contributed by atoms with Gasteiger partial charge in [-0.1, -0.05) is 30.4 Å². The van der Waals surface area contributed by atoms with Crippen LogP contribution in [0.3, 0.4) is 0 Å². The SMILES string of the molecule is C=CCOc1ccc(C2c3c(oc4ccc(C)cc4c3=O)C(=O)N2CCO)cc1OC. The molecule has 1 aliphatic rings. The van der Waals surface area contributed by atoms with E-state index in [9.17, 15) is 14.7 Å². The van der Waals surface area contributed by atoms with Crippen molar-refractivity contribution in [3.8, 4) is 11.5 Å². The van der Waals surface area contributed by atoms with Crippen molar-refractivity contribution < 1.29 is 23.8 Å². The quantitative estimate of drug-likeness (QED) is 0.590. The number of aryl methyl sites for hydroxylation is 1. The van der Waals surface area contributed by atoms with Gasteiger partial charge in [-0.05, 0) is 36.8 Å². The Hall–Kier alpha value is -3.58. The Morgan fingerprint density at radius 1 is 1.19 bits per heavy atom. The summed E-state index contributed by atoms with van der Waals surface area (Å²) in [6, 6.07) is 9.80. The Labute approximate surface area is 179 Å². The topological polar surface area (TPSA) is 89.2 Å². The molecule has 1 aromatic heterocycles. The predicted molar refractivity (Wildman–Crippen MR) is 116 cm³/mol. The highest BCUT2D eigenvalue weighted by molar-refractivity contribution is 5.99. The molecular weight excluding hydrogens is 398 g/mol. The summed E-state index contributed by atoms with van der Waals surface area (Å²) >= 11 is 0. The van der Waals surface area contributed by atoms with E-state index in [2.05, 4.69) is 6.58 Å². The van der Waals surface area contributed by atoms with Crippen LogP contribution in [0.25, 0.3) is 11.0 Å². The average molecular weight is 421 g/mol. The maximum absolute atomic E-state index is 13.4. The van der Waals surface area contributed by atoms with Crippen molar-refractivity contribution in [2.75, 3.05) is 26.9 Å². The van der Waals surface area contributed by atoms with Crippen molar-refractivity contribution in [3.05, 3.63) is 81.7 Å². The van der Waals surface area contributed by atoms with Gasteiger partial charge >= 0.3 is 0 Å². The van der Waals surface area contributed by atoms with Crippen LogP contribution in [0.1, 0.15) is 33.3 Å². The summed E-state index contributed by atoms with van der Waals surface area (Å²) in [5.41, 5.74) is 1.93. The summed E-state index contributed by atoms with van der Waals surface area (Å²) in [5.74, 6) is 0.557. The van der Waals surface area contributed by atoms with Crippen LogP contribution in [-0.2, 0) is 0 Å². The first-order chi connectivity index (χ1) is 15.0. The van der Waals surface area contributed by atoms with E-state index in [0.717, 1.165) is 5.56 Å². The van der Waals surface area contributed by atoms with Crippen molar-refractivity contribution in [1.82, 2.24) is 4.90 Å². The largest absolute Gasteiger partial charge is 0.493 e. The Balaban J connectivity index is 1.92. The highest BCUT2D eigenvalue weighted by atomic mass is 16.5. The number of β-amino-alcohol motifs (C(OH)–C–C–N with tert-alkyl or cyclic N) is 1. The standard InChI is InChI=1S/C24H23NO6/c1-4-11-30-18-8-6-15(13-19(18)29-3)21-20-22(27)16-12-14(2)5-7-17(16)31-23(20)24(28)25(21)9-10-26/h4-8,12-13,21,26H,1,9-11H2,2-3H3. The molecule has 1 amide bonds. The molecule has 1 aliphatic heterocycles. The number of benzene rings is 2. The van der Waals surface area contributed by atoms with Crippen LogP contribution in [0.2, 0.25) is 0 Å². The van der Waals surface area contributed by atoms with Gasteiger partial charge in [-0.25, -0.2) is 0 Å². The lowest BCUT2D eigenvalue weighted by Crippen LogP contribution is -2.32. The molecule has 2 heterocycles. The fraction of sp³-hybridized carbons (Fsp3) is 0.250. The molecule has 160 valence electrons. The molecule has 31 heavy (non-hydrogen) atoms. The molecule has 0 aliphatic carbocycles. The van der Waals surface area contributed by atoms with E-state index < -0.39 is 11.9 Å². The number of ether oxygens (including phenoxy) is 2. The minimum atomic E-state index is -0.710. The normalized spacial score (nSPS) is 15.3. The maximum Gasteiger partial charge on any atom is 0.290 e. The molecule has 7 nitrogen and oxygen atoms in total. The van der Waals surface area contributed by atoms with E-state index in [0.29, 0.717) is 34.6 Å². The lowest BCUT2D eigenvalue weighted by atomic mass is 9.97. The van der Waals surface area contributed by atoms with Gasteiger partial charge in [0.25, 0.3) is 5.91 Å². The monoisotopic (exact) mass is 421 g/mol. The third kappa shape index (κ3) is 3.47. The Morgan fingerprint density at radius 3 is 2.71 bits per heavy atom. The third-order valence-corrected chi connectivity index (χ3v) is 5.32. The molecule has 7 heteroatoms. The maximum atomic E-state index is 13.4. The number of fused-ring (bicyclic) bond motifs is 2. The van der Waals surface area contributed by atoms with E-state index in [-0.39, 0.29) is 29.9 Å². The molecule has 0 saturated heterocycles. The summed E-state index contributed by atoms with van der Waals surface area (Å²) in [5, 5.41) is 9.99. The molecule has 0 saturated carbocycles. The number of nitrogens with zero attached hydrogens (tertiary/aromatic N) is 1. The number of aliphatic hydroxyl groups is 1. The van der Waals surface area contributed by atoms with Crippen LogP contribution in [0, 0.1) is 6.92 Å². The highest BCUT2D eigenvalue weighted by Gasteiger charge is 2.42. The lowest BCUT2D eigenvalue weighted by molar-refractivity contribution is 0.0691. The molecule has 2 aromatic carbocycles. The van der Waals surface area contributed by atoms with Crippen molar-refractivity contribution in [2.45, 2.75) is 13.0 Å². The number of hydrogen-bond acceptors (Lipinski definition) is 6. The summed E-state index contributed by atoms with van der Waals surface area (Å²) in [6.07, 6.45) is 1.63. The van der Waals surface area contributed by atoms with Gasteiger partial charge in [-0.15, -0.1) is 0 Å². The van der Waals surface area contributed by atoms with Crippen molar-refractivity contribution >= 4 is 16.9 Å². The Bertz CT molecular complexity index is 1230. The smallest absolute Gasteiger partial charge is 0.290 e. The first-order valence-corrected chi connectivity index (χ1v) is 9.91. The summed E-state index contributed by atoms with van der Waals surface area (Å²) in [7, 11) is 1.52. The number of hydrogen-bond donors (Lipinski definition) is 1. The van der Waals surface area contributed by atoms with Crippen LogP contribution in [0.5, 0.6) is 11.5 Å². The number of carbonyl (C=O) groups excluding carboxylic acids is 1. The van der Waals surface area contributed by atoms with Crippen LogP contribution < -0.4 is 14.9 Å². The number of methoxy groups -OCH3 is 1. The van der Waals surface area contributed by atoms with Crippen molar-refractivity contribution in [2.24, 2.45) is 0 Å². The zero-order valence-corrected chi connectivity index (χ0v) is 17.4. The van der Waals surface area contributed by atoms with Gasteiger partial charge in [0, 0.05) is 6.54 Å². The Kier molecular flexibility index (Phi) is 5.52. The minimum absolute atomic E-state index is 0.00533. The summed E-state index contributed by atoms with van der Waals surface area (Å²) < 4.78 is 16.9. The average Bonchev–Trinajstić information content (AvgIpc) is 3.05. The van der Waals surface area contributed by atoms with Gasteiger partial charge in [-0.2, -0.15) is 0 Å². The van der Waals surface area contributed by atoms with Crippen molar-refractivity contribution in [1.29, 1.82) is 0 Å². The molecule has 0 radical (unpaired) electrons. The fourth-order valence-electron chi connectivity index (χ4n) is 3.94. The summed E-state index contributed by atoms with van der Waals surface area (Å²) in [4.78, 5) is 28.0. The van der Waals surface area contributed by atoms with Gasteiger partial charge in [0.1, 0.15) is 12.2 Å². The van der Waals surface area contributed by atoms with E-state index in [1.54, 1.807) is 36.4 Å². The fourth-order valence-corrected chi connectivity index (χ4v) is 3.94. The van der Waals surface area contributed by atoms with E-state index >= 15 is 0 Å². The molecule has 0 spiro atoms. The van der Waals surface area contributed by atoms with E-state index in [1.165, 1.54) is 12.0 Å². The van der Waals surface area contributed by atoms with Gasteiger partial charge < -0.3 is 23.9 Å². The first-order valence-electron chi connectivity index (χ1n) is 9.91. The minimum Gasteiger partial charge on any atom is -0.493 e. The molecule has 1 N–H and O–H groups in total. The van der Waals surface area contributed by atoms with Gasteiger partial charge in [-0.3, -0.25) is 9.59 Å². The number of rotatable bonds is 7. The lowest BCUT2D eigenvalue weighted by Gasteiger charge is -2.25. The van der Waals surface area contributed by atoms with E-state index in [4.69, 9.17) is 13.9 Å². The molecule has 1 unspecified atom stereocenters.